The average molecular weight is 114 g/mol. The Labute approximate surface area is 43.1 Å². The second-order valence-corrected chi connectivity index (χ2v) is 5.30. The summed E-state index contributed by atoms with van der Waals surface area (Å²) in [4.78, 5) is 0. The molecule has 4 heteroatoms. The highest BCUT2D eigenvalue weighted by Crippen LogP contribution is 1.91. The van der Waals surface area contributed by atoms with Gasteiger partial charge in [0.2, 0.25) is 19.7 Å². The molecule has 32 valence electrons. The fraction of sp³-hybridized carbons (Fsp3) is 1.00. The molecule has 1 fully saturated rings. The molecule has 1 saturated heterocycles. The van der Waals surface area contributed by atoms with E-state index in [0.717, 1.165) is 19.7 Å². The van der Waals surface area contributed by atoms with Gasteiger partial charge in [0.15, 0.2) is 0 Å². The maximum Gasteiger partial charge on any atom is 0.237 e. The lowest BCUT2D eigenvalue weighted by atomic mass is 11.6. The minimum atomic E-state index is 0.948. The van der Waals surface area contributed by atoms with Crippen molar-refractivity contribution < 1.29 is 0 Å². The van der Waals surface area contributed by atoms with E-state index >= 15 is 0 Å². The zero-order valence-corrected chi connectivity index (χ0v) is 5.89. The molecule has 1 aliphatic rings. The van der Waals surface area contributed by atoms with Crippen molar-refractivity contribution in [3.63, 3.8) is 0 Å². The van der Waals surface area contributed by atoms with Crippen LogP contribution in [0.15, 0.2) is 0 Å². The SMILES string of the molecule is CN1[Si]N(C)[Si]1. The van der Waals surface area contributed by atoms with Gasteiger partial charge < -0.3 is 8.46 Å². The Bertz CT molecular complexity index is 45.5. The van der Waals surface area contributed by atoms with E-state index in [9.17, 15) is 0 Å². The summed E-state index contributed by atoms with van der Waals surface area (Å²) in [6.07, 6.45) is 0. The zero-order valence-electron chi connectivity index (χ0n) is 3.89. The fourth-order valence-corrected chi connectivity index (χ4v) is 2.85. The maximum absolute atomic E-state index is 2.31. The van der Waals surface area contributed by atoms with Gasteiger partial charge in [-0.3, -0.25) is 0 Å². The standard InChI is InChI=1S/C2H6N2Si2/c1-3-5-4(2)6-3/h1-2H3. The molecule has 0 amide bonds. The molecule has 0 saturated carbocycles. The summed E-state index contributed by atoms with van der Waals surface area (Å²) in [7, 11) is 6.17. The third-order valence-electron chi connectivity index (χ3n) is 0.600. The summed E-state index contributed by atoms with van der Waals surface area (Å²) >= 11 is 0. The number of hydrogen-bond acceptors (Lipinski definition) is 2. The van der Waals surface area contributed by atoms with E-state index in [1.54, 1.807) is 0 Å². The van der Waals surface area contributed by atoms with Crippen molar-refractivity contribution in [2.24, 2.45) is 0 Å². The molecular formula is C2H6N2Si2. The summed E-state index contributed by atoms with van der Waals surface area (Å²) in [5, 5.41) is 0. The monoisotopic (exact) mass is 114 g/mol. The van der Waals surface area contributed by atoms with Crippen LogP contribution in [-0.4, -0.2) is 42.2 Å². The molecule has 6 heavy (non-hydrogen) atoms. The first-order chi connectivity index (χ1) is 2.79. The van der Waals surface area contributed by atoms with Gasteiger partial charge in [0.05, 0.1) is 0 Å². The molecular weight excluding hydrogens is 108 g/mol. The van der Waals surface area contributed by atoms with Crippen LogP contribution in [0.5, 0.6) is 0 Å². The Hall–Kier alpha value is 0.354. The summed E-state index contributed by atoms with van der Waals surface area (Å²) < 4.78 is 4.61. The van der Waals surface area contributed by atoms with Crippen LogP contribution < -0.4 is 0 Å². The molecule has 1 heterocycles. The number of rotatable bonds is 0. The first-order valence-electron chi connectivity index (χ1n) is 1.79. The maximum atomic E-state index is 2.31. The molecule has 0 atom stereocenters. The second kappa shape index (κ2) is 1.45. The van der Waals surface area contributed by atoms with Gasteiger partial charge in [0.25, 0.3) is 0 Å². The van der Waals surface area contributed by atoms with Gasteiger partial charge in [-0.1, -0.05) is 0 Å². The van der Waals surface area contributed by atoms with E-state index < -0.39 is 0 Å². The molecule has 1 rings (SSSR count). The highest BCUT2D eigenvalue weighted by atomic mass is 28.4. The van der Waals surface area contributed by atoms with Crippen LogP contribution in [0.25, 0.3) is 0 Å². The van der Waals surface area contributed by atoms with Gasteiger partial charge >= 0.3 is 0 Å². The van der Waals surface area contributed by atoms with Crippen molar-refractivity contribution in [2.45, 2.75) is 0 Å². The minimum Gasteiger partial charge on any atom is -0.326 e. The Morgan fingerprint density at radius 1 is 1.00 bits per heavy atom. The molecule has 1 aliphatic heterocycles. The summed E-state index contributed by atoms with van der Waals surface area (Å²) in [6, 6.07) is 0. The number of hydrogen-bond donors (Lipinski definition) is 0. The predicted molar refractivity (Wildman–Crippen MR) is 27.0 cm³/mol. The molecule has 0 aromatic rings. The van der Waals surface area contributed by atoms with Crippen LogP contribution in [0.2, 0.25) is 0 Å². The first kappa shape index (κ1) is 4.51. The van der Waals surface area contributed by atoms with Gasteiger partial charge in [0.1, 0.15) is 0 Å². The van der Waals surface area contributed by atoms with Crippen molar-refractivity contribution in [1.82, 2.24) is 8.46 Å². The van der Waals surface area contributed by atoms with Gasteiger partial charge in [-0.05, 0) is 14.1 Å². The predicted octanol–water partition coefficient (Wildman–Crippen LogP) is -1.07. The van der Waals surface area contributed by atoms with Crippen molar-refractivity contribution in [3.05, 3.63) is 0 Å². The Kier molecular flexibility index (Phi) is 1.09. The van der Waals surface area contributed by atoms with E-state index in [1.165, 1.54) is 0 Å². The molecule has 4 radical (unpaired) electrons. The van der Waals surface area contributed by atoms with E-state index in [1.807, 2.05) is 0 Å². The van der Waals surface area contributed by atoms with Gasteiger partial charge in [0, 0.05) is 0 Å². The molecule has 0 unspecified atom stereocenters. The highest BCUT2D eigenvalue weighted by molar-refractivity contribution is 6.64. The van der Waals surface area contributed by atoms with Gasteiger partial charge in [-0.25, -0.2) is 0 Å². The highest BCUT2D eigenvalue weighted by Gasteiger charge is 2.18. The summed E-state index contributed by atoms with van der Waals surface area (Å²) in [6.45, 7) is 0. The smallest absolute Gasteiger partial charge is 0.237 e. The Morgan fingerprint density at radius 3 is 1.33 bits per heavy atom. The topological polar surface area (TPSA) is 6.48 Å². The lowest BCUT2D eigenvalue weighted by Gasteiger charge is -2.32. The summed E-state index contributed by atoms with van der Waals surface area (Å²) in [5.74, 6) is 0. The van der Waals surface area contributed by atoms with Gasteiger partial charge in [-0.2, -0.15) is 0 Å². The van der Waals surface area contributed by atoms with E-state index in [0.29, 0.717) is 0 Å². The normalized spacial score (nSPS) is 27.0. The third kappa shape index (κ3) is 0.702. The fourth-order valence-electron chi connectivity index (χ4n) is 0.450. The Balaban J connectivity index is 2.11. The molecule has 0 aliphatic carbocycles. The van der Waals surface area contributed by atoms with Crippen molar-refractivity contribution in [2.75, 3.05) is 14.1 Å². The van der Waals surface area contributed by atoms with Crippen LogP contribution in [0.3, 0.4) is 0 Å². The van der Waals surface area contributed by atoms with Crippen LogP contribution >= 0.6 is 0 Å². The third-order valence-corrected chi connectivity index (χ3v) is 3.00. The summed E-state index contributed by atoms with van der Waals surface area (Å²) in [5.41, 5.74) is 0. The van der Waals surface area contributed by atoms with E-state index in [-0.39, 0.29) is 0 Å². The van der Waals surface area contributed by atoms with Crippen LogP contribution in [0.4, 0.5) is 0 Å². The van der Waals surface area contributed by atoms with E-state index in [2.05, 4.69) is 22.6 Å². The first-order valence-corrected chi connectivity index (χ1v) is 3.58. The average Bonchev–Trinajstić information content (AvgIpc) is 1.33. The van der Waals surface area contributed by atoms with Crippen molar-refractivity contribution >= 4 is 19.7 Å². The largest absolute Gasteiger partial charge is 0.326 e. The van der Waals surface area contributed by atoms with Crippen LogP contribution in [0, 0.1) is 0 Å². The number of nitrogens with zero attached hydrogens (tertiary/aromatic N) is 2. The Morgan fingerprint density at radius 2 is 1.33 bits per heavy atom. The van der Waals surface area contributed by atoms with Crippen LogP contribution in [-0.2, 0) is 0 Å². The van der Waals surface area contributed by atoms with Crippen molar-refractivity contribution in [1.29, 1.82) is 0 Å². The molecule has 0 N–H and O–H groups in total. The zero-order chi connectivity index (χ0) is 4.57. The molecule has 0 bridgehead atoms. The lowest BCUT2D eigenvalue weighted by molar-refractivity contribution is 0.600. The molecule has 0 aromatic heterocycles. The second-order valence-electron chi connectivity index (χ2n) is 1.32. The minimum absolute atomic E-state index is 0.948. The van der Waals surface area contributed by atoms with Crippen LogP contribution in [0.1, 0.15) is 0 Å². The molecule has 2 nitrogen and oxygen atoms in total. The lowest BCUT2D eigenvalue weighted by Crippen LogP contribution is -2.57. The molecule has 0 spiro atoms. The quantitative estimate of drug-likeness (QED) is 0.370. The van der Waals surface area contributed by atoms with Crippen molar-refractivity contribution in [3.8, 4) is 0 Å². The van der Waals surface area contributed by atoms with E-state index in [4.69, 9.17) is 0 Å². The van der Waals surface area contributed by atoms with Gasteiger partial charge in [-0.15, -0.1) is 0 Å². The molecule has 0 aromatic carbocycles.